The fourth-order valence-electron chi connectivity index (χ4n) is 4.97. The van der Waals surface area contributed by atoms with Gasteiger partial charge in [0.25, 0.3) is 0 Å². The Morgan fingerprint density at radius 1 is 1.05 bits per heavy atom. The minimum Gasteiger partial charge on any atom is -0.353 e. The van der Waals surface area contributed by atoms with Gasteiger partial charge in [-0.05, 0) is 41.8 Å². The molecule has 1 aromatic carbocycles. The first-order valence-electron chi connectivity index (χ1n) is 12.7. The first-order valence-corrected chi connectivity index (χ1v) is 12.7. The first-order chi connectivity index (χ1) is 18.5. The average molecular weight is 507 g/mol. The zero-order valence-electron chi connectivity index (χ0n) is 21.1. The number of benzene rings is 1. The predicted molar refractivity (Wildman–Crippen MR) is 148 cm³/mol. The second kappa shape index (κ2) is 9.70. The number of anilines is 1. The quantitative estimate of drug-likeness (QED) is 0.239. The molecule has 0 fully saturated rings. The number of aromatic nitrogens is 5. The van der Waals surface area contributed by atoms with E-state index in [4.69, 9.17) is 0 Å². The molecule has 1 aliphatic carbocycles. The number of nitrogens with one attached hydrogen (secondary N) is 3. The lowest BCUT2D eigenvalue weighted by Crippen LogP contribution is -2.13. The molecule has 4 heterocycles. The second-order valence-corrected chi connectivity index (χ2v) is 10.0. The van der Waals surface area contributed by atoms with Crippen LogP contribution in [0.4, 0.5) is 10.1 Å². The van der Waals surface area contributed by atoms with Crippen LogP contribution >= 0.6 is 0 Å². The van der Waals surface area contributed by atoms with Crippen LogP contribution in [-0.4, -0.2) is 37.2 Å². The van der Waals surface area contributed by atoms with Crippen LogP contribution in [0.25, 0.3) is 44.5 Å². The highest BCUT2D eigenvalue weighted by atomic mass is 19.1. The van der Waals surface area contributed by atoms with Crippen LogP contribution in [0, 0.1) is 5.92 Å². The summed E-state index contributed by atoms with van der Waals surface area (Å²) in [6, 6.07) is 11.9. The summed E-state index contributed by atoms with van der Waals surface area (Å²) in [6.45, 7) is 4.02. The number of alkyl halides is 1. The Morgan fingerprint density at radius 2 is 1.89 bits per heavy atom. The Labute approximate surface area is 218 Å². The Kier molecular flexibility index (Phi) is 6.07. The van der Waals surface area contributed by atoms with Crippen molar-refractivity contribution in [1.82, 2.24) is 25.1 Å². The number of allylic oxidation sites excluding steroid dienone is 4. The van der Waals surface area contributed by atoms with Crippen molar-refractivity contribution >= 4 is 33.5 Å². The van der Waals surface area contributed by atoms with Gasteiger partial charge in [0.2, 0.25) is 5.91 Å². The zero-order chi connectivity index (χ0) is 26.2. The molecule has 3 N–H and O–H groups in total. The van der Waals surface area contributed by atoms with E-state index < -0.39 is 6.17 Å². The summed E-state index contributed by atoms with van der Waals surface area (Å²) in [5.74, 6) is -0.103. The van der Waals surface area contributed by atoms with E-state index in [2.05, 4.69) is 30.5 Å². The summed E-state index contributed by atoms with van der Waals surface area (Å²) in [4.78, 5) is 24.6. The van der Waals surface area contributed by atoms with Crippen LogP contribution < -0.4 is 5.32 Å². The molecule has 7 nitrogen and oxygen atoms in total. The number of hydrogen-bond acceptors (Lipinski definition) is 4. The number of rotatable bonds is 6. The minimum absolute atomic E-state index is 0.0401. The van der Waals surface area contributed by atoms with E-state index in [0.29, 0.717) is 17.8 Å². The van der Waals surface area contributed by atoms with E-state index in [1.807, 2.05) is 62.4 Å². The number of H-pyrrole nitrogens is 2. The van der Waals surface area contributed by atoms with Crippen molar-refractivity contribution in [1.29, 1.82) is 0 Å². The number of aromatic amines is 2. The summed E-state index contributed by atoms with van der Waals surface area (Å²) >= 11 is 0. The molecule has 0 radical (unpaired) electrons. The fraction of sp³-hybridized carbons (Fsp3) is 0.200. The van der Waals surface area contributed by atoms with Gasteiger partial charge in [0.15, 0.2) is 5.65 Å². The smallest absolute Gasteiger partial charge is 0.224 e. The molecule has 190 valence electrons. The van der Waals surface area contributed by atoms with E-state index in [0.717, 1.165) is 44.4 Å². The molecule has 0 saturated carbocycles. The lowest BCUT2D eigenvalue weighted by Gasteiger charge is -2.18. The van der Waals surface area contributed by atoms with E-state index in [9.17, 15) is 9.18 Å². The summed E-state index contributed by atoms with van der Waals surface area (Å²) in [5.41, 5.74) is 6.40. The number of hydrogen-bond donors (Lipinski definition) is 3. The van der Waals surface area contributed by atoms with Gasteiger partial charge in [-0.3, -0.25) is 14.9 Å². The van der Waals surface area contributed by atoms with Crippen molar-refractivity contribution in [2.45, 2.75) is 32.4 Å². The molecular formula is C30H27FN6O. The third-order valence-electron chi connectivity index (χ3n) is 6.75. The molecule has 2 atom stereocenters. The maximum Gasteiger partial charge on any atom is 0.224 e. The summed E-state index contributed by atoms with van der Waals surface area (Å²) < 4.78 is 14.7. The second-order valence-electron chi connectivity index (χ2n) is 10.0. The Hall–Kier alpha value is -4.59. The topological polar surface area (TPSA) is 99.3 Å². The molecule has 0 saturated heterocycles. The Bertz CT molecular complexity index is 1710. The number of fused-ring (bicyclic) bond motifs is 2. The van der Waals surface area contributed by atoms with E-state index in [1.54, 1.807) is 30.7 Å². The molecule has 0 bridgehead atoms. The fourth-order valence-corrected chi connectivity index (χ4v) is 4.97. The van der Waals surface area contributed by atoms with Crippen molar-refractivity contribution in [3.63, 3.8) is 0 Å². The maximum atomic E-state index is 14.7. The highest BCUT2D eigenvalue weighted by molar-refractivity contribution is 5.97. The van der Waals surface area contributed by atoms with Gasteiger partial charge in [0, 0.05) is 52.1 Å². The molecule has 1 amide bonds. The van der Waals surface area contributed by atoms with Gasteiger partial charge in [0.1, 0.15) is 6.17 Å². The van der Waals surface area contributed by atoms with Crippen LogP contribution in [-0.2, 0) is 4.79 Å². The average Bonchev–Trinajstić information content (AvgIpc) is 3.52. The number of carbonyl (C=O) groups is 1. The molecule has 38 heavy (non-hydrogen) atoms. The number of pyridine rings is 2. The molecule has 2 unspecified atom stereocenters. The standard InChI is InChI=1S/C30H27FN6O/c1-17(2)10-28(38)34-20-11-18(14-32-16-20)19-12-24-29(36-37-30(24)33-15-19)27-13-23-21(7-5-9-26(23)35-27)22-6-3-4-8-25(22)31/h3-9,11-17,22,25,35H,10H2,1-2H3,(H,34,38)(H,33,36,37). The van der Waals surface area contributed by atoms with Crippen molar-refractivity contribution in [3.05, 3.63) is 84.9 Å². The van der Waals surface area contributed by atoms with Crippen LogP contribution in [0.1, 0.15) is 31.7 Å². The van der Waals surface area contributed by atoms with E-state index >= 15 is 0 Å². The van der Waals surface area contributed by atoms with Crippen molar-refractivity contribution in [2.24, 2.45) is 5.92 Å². The molecule has 5 aromatic rings. The van der Waals surface area contributed by atoms with Crippen LogP contribution in [0.15, 0.2) is 79.3 Å². The maximum absolute atomic E-state index is 14.7. The van der Waals surface area contributed by atoms with Gasteiger partial charge in [-0.1, -0.05) is 44.2 Å². The van der Waals surface area contributed by atoms with Gasteiger partial charge in [-0.2, -0.15) is 5.10 Å². The third kappa shape index (κ3) is 4.49. The summed E-state index contributed by atoms with van der Waals surface area (Å²) in [7, 11) is 0. The van der Waals surface area contributed by atoms with E-state index in [-0.39, 0.29) is 17.7 Å². The Morgan fingerprint density at radius 3 is 2.74 bits per heavy atom. The van der Waals surface area contributed by atoms with Crippen molar-refractivity contribution in [2.75, 3.05) is 5.32 Å². The molecular weight excluding hydrogens is 479 g/mol. The molecule has 0 spiro atoms. The van der Waals surface area contributed by atoms with Gasteiger partial charge < -0.3 is 10.3 Å². The minimum atomic E-state index is -1.07. The molecule has 4 aromatic heterocycles. The van der Waals surface area contributed by atoms with Gasteiger partial charge >= 0.3 is 0 Å². The van der Waals surface area contributed by atoms with Crippen molar-refractivity contribution in [3.8, 4) is 22.5 Å². The summed E-state index contributed by atoms with van der Waals surface area (Å²) in [6.07, 6.45) is 11.6. The monoisotopic (exact) mass is 506 g/mol. The molecule has 1 aliphatic rings. The van der Waals surface area contributed by atoms with Crippen molar-refractivity contribution < 1.29 is 9.18 Å². The van der Waals surface area contributed by atoms with E-state index in [1.165, 1.54) is 0 Å². The number of amides is 1. The zero-order valence-corrected chi connectivity index (χ0v) is 21.1. The van der Waals surface area contributed by atoms with Gasteiger partial charge in [-0.25, -0.2) is 9.37 Å². The van der Waals surface area contributed by atoms with Crippen LogP contribution in [0.5, 0.6) is 0 Å². The number of halogens is 1. The van der Waals surface area contributed by atoms with Gasteiger partial charge in [-0.15, -0.1) is 0 Å². The lowest BCUT2D eigenvalue weighted by molar-refractivity contribution is -0.116. The largest absolute Gasteiger partial charge is 0.353 e. The number of carbonyl (C=O) groups excluding carboxylic acids is 1. The van der Waals surface area contributed by atoms with Crippen LogP contribution in [0.2, 0.25) is 0 Å². The van der Waals surface area contributed by atoms with Crippen LogP contribution in [0.3, 0.4) is 0 Å². The first kappa shape index (κ1) is 23.8. The Balaban J connectivity index is 1.36. The lowest BCUT2D eigenvalue weighted by atomic mass is 9.89. The molecule has 8 heteroatoms. The predicted octanol–water partition coefficient (Wildman–Crippen LogP) is 6.70. The molecule has 6 rings (SSSR count). The SMILES string of the molecule is CC(C)CC(=O)Nc1cncc(-c2cnc3n[nH]c(-c4cc5c(C6C=CC=CC6F)cccc5[nH]4)c3c2)c1. The van der Waals surface area contributed by atoms with Gasteiger partial charge in [0.05, 0.1) is 23.3 Å². The summed E-state index contributed by atoms with van der Waals surface area (Å²) in [5, 5.41) is 12.2. The molecule has 0 aliphatic heterocycles. The highest BCUT2D eigenvalue weighted by Crippen LogP contribution is 2.36. The highest BCUT2D eigenvalue weighted by Gasteiger charge is 2.23. The third-order valence-corrected chi connectivity index (χ3v) is 6.75. The normalized spacial score (nSPS) is 17.1. The number of nitrogens with zero attached hydrogens (tertiary/aromatic N) is 3.